The average molecular weight is 635 g/mol. The van der Waals surface area contributed by atoms with Crippen LogP contribution in [0.4, 0.5) is 0 Å². The molecule has 1 aliphatic carbocycles. The van der Waals surface area contributed by atoms with Crippen LogP contribution in [0.25, 0.3) is 93.3 Å². The van der Waals surface area contributed by atoms with Crippen LogP contribution in [0, 0.1) is 0 Å². The Morgan fingerprint density at radius 3 is 1.64 bits per heavy atom. The summed E-state index contributed by atoms with van der Waals surface area (Å²) in [6, 6.07) is 60.0. The maximum Gasteiger partial charge on any atom is 0.0708 e. The van der Waals surface area contributed by atoms with Crippen molar-refractivity contribution >= 4 is 54.1 Å². The summed E-state index contributed by atoms with van der Waals surface area (Å²) < 4.78 is 2.41. The molecule has 1 aliphatic rings. The third kappa shape index (κ3) is 3.99. The summed E-state index contributed by atoms with van der Waals surface area (Å²) in [6.07, 6.45) is 3.00. The molecule has 2 heteroatoms. The van der Waals surface area contributed by atoms with Crippen LogP contribution in [0.3, 0.4) is 0 Å². The average Bonchev–Trinajstić information content (AvgIpc) is 3.73. The van der Waals surface area contributed by atoms with Gasteiger partial charge in [-0.3, -0.25) is 4.98 Å². The highest BCUT2D eigenvalue weighted by molar-refractivity contribution is 6.25. The molecule has 0 unspecified atom stereocenters. The van der Waals surface area contributed by atoms with E-state index in [1.54, 1.807) is 0 Å². The Labute approximate surface area is 289 Å². The second kappa shape index (κ2) is 10.5. The van der Waals surface area contributed by atoms with E-state index >= 15 is 0 Å². The molecular weight excluding hydrogens is 605 g/mol. The zero-order valence-corrected chi connectivity index (χ0v) is 27.3. The Morgan fingerprint density at radius 1 is 0.380 bits per heavy atom. The fourth-order valence-corrected chi connectivity index (χ4v) is 8.49. The summed E-state index contributed by atoms with van der Waals surface area (Å²) in [4.78, 5) is 5.01. The van der Waals surface area contributed by atoms with Gasteiger partial charge in [-0.1, -0.05) is 121 Å². The van der Waals surface area contributed by atoms with E-state index in [1.807, 2.05) is 0 Å². The molecule has 0 fully saturated rings. The van der Waals surface area contributed by atoms with Gasteiger partial charge < -0.3 is 4.57 Å². The minimum Gasteiger partial charge on any atom is -0.309 e. The van der Waals surface area contributed by atoms with Crippen LogP contribution in [0.15, 0.2) is 170 Å². The maximum atomic E-state index is 5.01. The van der Waals surface area contributed by atoms with E-state index in [1.165, 1.54) is 93.2 Å². The first-order valence-electron chi connectivity index (χ1n) is 17.3. The molecular formula is C48H30N2. The van der Waals surface area contributed by atoms with E-state index in [-0.39, 0.29) is 0 Å². The minimum atomic E-state index is 0.908. The lowest BCUT2D eigenvalue weighted by atomic mass is 9.91. The van der Waals surface area contributed by atoms with E-state index in [4.69, 9.17) is 4.98 Å². The molecule has 0 N–H and O–H groups in total. The van der Waals surface area contributed by atoms with Crippen molar-refractivity contribution < 1.29 is 0 Å². The molecule has 0 radical (unpaired) electrons. The molecule has 0 aliphatic heterocycles. The first-order chi connectivity index (χ1) is 24.8. The number of fused-ring (bicyclic) bond motifs is 12. The molecule has 2 nitrogen and oxygen atoms in total. The number of hydrogen-bond donors (Lipinski definition) is 0. The smallest absolute Gasteiger partial charge is 0.0708 e. The van der Waals surface area contributed by atoms with E-state index < -0.39 is 0 Å². The third-order valence-electron chi connectivity index (χ3n) is 10.8. The maximum absolute atomic E-state index is 5.01. The summed E-state index contributed by atoms with van der Waals surface area (Å²) in [6.45, 7) is 0. The van der Waals surface area contributed by atoms with Gasteiger partial charge in [0.25, 0.3) is 0 Å². The fraction of sp³-hybridized carbons (Fsp3) is 0.0208. The molecule has 0 spiro atoms. The number of nitrogens with zero attached hydrogens (tertiary/aromatic N) is 2. The van der Waals surface area contributed by atoms with Crippen LogP contribution in [0.1, 0.15) is 11.1 Å². The Kier molecular flexibility index (Phi) is 5.76. The van der Waals surface area contributed by atoms with Crippen molar-refractivity contribution in [3.05, 3.63) is 181 Å². The number of hydrogen-bond acceptors (Lipinski definition) is 1. The van der Waals surface area contributed by atoms with Crippen LogP contribution in [0.2, 0.25) is 0 Å². The molecule has 0 amide bonds. The summed E-state index contributed by atoms with van der Waals surface area (Å²) >= 11 is 0. The van der Waals surface area contributed by atoms with Gasteiger partial charge in [0.15, 0.2) is 0 Å². The van der Waals surface area contributed by atoms with Crippen LogP contribution < -0.4 is 0 Å². The van der Waals surface area contributed by atoms with Crippen molar-refractivity contribution in [2.75, 3.05) is 0 Å². The fourth-order valence-electron chi connectivity index (χ4n) is 8.49. The van der Waals surface area contributed by atoms with Gasteiger partial charge in [-0.15, -0.1) is 0 Å². The van der Waals surface area contributed by atoms with E-state index in [9.17, 15) is 0 Å². The van der Waals surface area contributed by atoms with Crippen molar-refractivity contribution in [2.45, 2.75) is 6.42 Å². The lowest BCUT2D eigenvalue weighted by Gasteiger charge is -2.13. The number of rotatable bonds is 3. The lowest BCUT2D eigenvalue weighted by molar-refractivity contribution is 1.17. The lowest BCUT2D eigenvalue weighted by Crippen LogP contribution is -1.94. The van der Waals surface area contributed by atoms with Gasteiger partial charge >= 0.3 is 0 Å². The predicted molar refractivity (Wildman–Crippen MR) is 210 cm³/mol. The van der Waals surface area contributed by atoms with Gasteiger partial charge in [0, 0.05) is 34.6 Å². The molecule has 0 bridgehead atoms. The van der Waals surface area contributed by atoms with Crippen molar-refractivity contribution in [3.63, 3.8) is 0 Å². The van der Waals surface area contributed by atoms with Crippen molar-refractivity contribution in [2.24, 2.45) is 0 Å². The Balaban J connectivity index is 1.02. The van der Waals surface area contributed by atoms with Gasteiger partial charge in [-0.2, -0.15) is 0 Å². The molecule has 10 aromatic rings. The van der Waals surface area contributed by atoms with E-state index in [0.29, 0.717) is 0 Å². The third-order valence-corrected chi connectivity index (χ3v) is 10.8. The largest absolute Gasteiger partial charge is 0.309 e. The first-order valence-corrected chi connectivity index (χ1v) is 17.3. The molecule has 2 aromatic heterocycles. The van der Waals surface area contributed by atoms with Gasteiger partial charge in [0.05, 0.1) is 16.7 Å². The Morgan fingerprint density at radius 2 is 0.940 bits per heavy atom. The minimum absolute atomic E-state index is 0.908. The standard InChI is InChI=1S/C48H30N2/c1-2-14-38-36(12-1)37-13-3-4-15-39(37)45-26-31(21-23-40(38)45)30-10-9-11-33(24-30)46-28-44-34(29-49-46)25-32-20-22-35(27-43(32)44)50-47-18-7-5-16-41(47)42-17-6-8-19-48(42)50/h1-24,26-29H,25H2. The molecule has 50 heavy (non-hydrogen) atoms. The Bertz CT molecular complexity index is 2930. The molecule has 0 saturated heterocycles. The molecule has 0 saturated carbocycles. The van der Waals surface area contributed by atoms with Crippen LogP contribution in [-0.4, -0.2) is 9.55 Å². The second-order valence-corrected chi connectivity index (χ2v) is 13.5. The predicted octanol–water partition coefficient (Wildman–Crippen LogP) is 12.5. The number of pyridine rings is 1. The van der Waals surface area contributed by atoms with Gasteiger partial charge in [0.2, 0.25) is 0 Å². The zero-order chi connectivity index (χ0) is 32.8. The van der Waals surface area contributed by atoms with Crippen LogP contribution in [-0.2, 0) is 6.42 Å². The zero-order valence-electron chi connectivity index (χ0n) is 27.3. The second-order valence-electron chi connectivity index (χ2n) is 13.5. The number of benzene rings is 8. The first kappa shape index (κ1) is 27.4. The molecule has 8 aromatic carbocycles. The summed E-state index contributed by atoms with van der Waals surface area (Å²) in [5.74, 6) is 0. The highest BCUT2D eigenvalue weighted by Crippen LogP contribution is 2.42. The highest BCUT2D eigenvalue weighted by atomic mass is 15.0. The molecule has 2 heterocycles. The molecule has 0 atom stereocenters. The topological polar surface area (TPSA) is 17.8 Å². The molecule has 11 rings (SSSR count). The van der Waals surface area contributed by atoms with E-state index in [0.717, 1.165) is 17.7 Å². The monoisotopic (exact) mass is 634 g/mol. The van der Waals surface area contributed by atoms with Crippen molar-refractivity contribution in [1.82, 2.24) is 9.55 Å². The van der Waals surface area contributed by atoms with Crippen molar-refractivity contribution in [3.8, 4) is 39.2 Å². The summed E-state index contributed by atoms with van der Waals surface area (Å²) in [7, 11) is 0. The number of para-hydroxylation sites is 2. The van der Waals surface area contributed by atoms with Gasteiger partial charge in [0.1, 0.15) is 0 Å². The highest BCUT2D eigenvalue weighted by Gasteiger charge is 2.22. The van der Waals surface area contributed by atoms with E-state index in [2.05, 4.69) is 175 Å². The summed E-state index contributed by atoms with van der Waals surface area (Å²) in [5.41, 5.74) is 13.4. The van der Waals surface area contributed by atoms with Crippen LogP contribution >= 0.6 is 0 Å². The van der Waals surface area contributed by atoms with Gasteiger partial charge in [-0.05, 0) is 108 Å². The van der Waals surface area contributed by atoms with Crippen molar-refractivity contribution in [1.29, 1.82) is 0 Å². The quantitative estimate of drug-likeness (QED) is 0.177. The number of aromatic nitrogens is 2. The SMILES string of the molecule is c1cc(-c2ccc3c4ccccc4c4ccccc4c3c2)cc(-c2cc3c(cn2)Cc2ccc(-n4c5ccccc5c5ccccc54)cc2-3)c1. The van der Waals surface area contributed by atoms with Crippen LogP contribution in [0.5, 0.6) is 0 Å². The molecule has 232 valence electrons. The summed E-state index contributed by atoms with van der Waals surface area (Å²) in [5, 5.41) is 10.3. The van der Waals surface area contributed by atoms with Gasteiger partial charge in [-0.25, -0.2) is 0 Å². The normalized spacial score (nSPS) is 12.3. The Hall–Kier alpha value is -6.51.